The van der Waals surface area contributed by atoms with Crippen LogP contribution in [-0.2, 0) is 0 Å². The van der Waals surface area contributed by atoms with E-state index in [1.54, 1.807) is 0 Å². The number of aliphatic hydroxyl groups is 1. The summed E-state index contributed by atoms with van der Waals surface area (Å²) in [5.74, 6) is 0.841. The highest BCUT2D eigenvalue weighted by molar-refractivity contribution is 5.28. The lowest BCUT2D eigenvalue weighted by molar-refractivity contribution is 0.177. The molecule has 0 saturated carbocycles. The third kappa shape index (κ3) is 3.01. The molecule has 1 aromatic carbocycles. The molecular formula is C11H17NO2. The quantitative estimate of drug-likeness (QED) is 0.745. The fourth-order valence-corrected chi connectivity index (χ4v) is 1.26. The maximum atomic E-state index is 9.64. The molecule has 14 heavy (non-hydrogen) atoms. The Morgan fingerprint density at radius 1 is 1.36 bits per heavy atom. The number of nitrogens with one attached hydrogen (secondary N) is 1. The van der Waals surface area contributed by atoms with Gasteiger partial charge in [0.2, 0.25) is 0 Å². The van der Waals surface area contributed by atoms with E-state index in [9.17, 15) is 5.11 Å². The molecule has 0 fully saturated rings. The zero-order valence-electron chi connectivity index (χ0n) is 8.66. The molecule has 1 unspecified atom stereocenters. The average Bonchev–Trinajstić information content (AvgIpc) is 2.20. The SMILES string of the molecule is CCOc1ccc(C(O)CNC)cc1. The second-order valence-corrected chi connectivity index (χ2v) is 3.08. The van der Waals surface area contributed by atoms with Gasteiger partial charge >= 0.3 is 0 Å². The first-order chi connectivity index (χ1) is 6.77. The number of benzene rings is 1. The third-order valence-corrected chi connectivity index (χ3v) is 1.97. The van der Waals surface area contributed by atoms with Gasteiger partial charge < -0.3 is 15.2 Å². The van der Waals surface area contributed by atoms with Gasteiger partial charge in [-0.1, -0.05) is 12.1 Å². The van der Waals surface area contributed by atoms with E-state index in [0.717, 1.165) is 11.3 Å². The van der Waals surface area contributed by atoms with E-state index >= 15 is 0 Å². The van der Waals surface area contributed by atoms with Gasteiger partial charge in [-0.05, 0) is 31.7 Å². The van der Waals surface area contributed by atoms with E-state index in [1.807, 2.05) is 38.2 Å². The summed E-state index contributed by atoms with van der Waals surface area (Å²) in [7, 11) is 1.82. The lowest BCUT2D eigenvalue weighted by Crippen LogP contribution is -2.16. The number of rotatable bonds is 5. The summed E-state index contributed by atoms with van der Waals surface area (Å²) in [5, 5.41) is 12.6. The predicted molar refractivity (Wildman–Crippen MR) is 56.5 cm³/mol. The minimum Gasteiger partial charge on any atom is -0.494 e. The summed E-state index contributed by atoms with van der Waals surface area (Å²) in [6.07, 6.45) is -0.448. The van der Waals surface area contributed by atoms with E-state index < -0.39 is 6.10 Å². The molecule has 3 nitrogen and oxygen atoms in total. The number of ether oxygens (including phenoxy) is 1. The first-order valence-corrected chi connectivity index (χ1v) is 4.83. The number of hydrogen-bond donors (Lipinski definition) is 2. The van der Waals surface area contributed by atoms with Crippen molar-refractivity contribution in [2.24, 2.45) is 0 Å². The van der Waals surface area contributed by atoms with Crippen molar-refractivity contribution >= 4 is 0 Å². The van der Waals surface area contributed by atoms with E-state index in [1.165, 1.54) is 0 Å². The standard InChI is InChI=1S/C11H17NO2/c1-3-14-10-6-4-9(5-7-10)11(13)8-12-2/h4-7,11-13H,3,8H2,1-2H3. The van der Waals surface area contributed by atoms with Crippen molar-refractivity contribution in [1.82, 2.24) is 5.32 Å². The molecule has 1 rings (SSSR count). The molecule has 3 heteroatoms. The molecule has 1 aromatic rings. The molecule has 1 atom stereocenters. The van der Waals surface area contributed by atoms with Gasteiger partial charge in [-0.15, -0.1) is 0 Å². The zero-order valence-corrected chi connectivity index (χ0v) is 8.66. The van der Waals surface area contributed by atoms with Crippen LogP contribution in [0.4, 0.5) is 0 Å². The molecule has 78 valence electrons. The average molecular weight is 195 g/mol. The fourth-order valence-electron chi connectivity index (χ4n) is 1.26. The lowest BCUT2D eigenvalue weighted by Gasteiger charge is -2.10. The largest absolute Gasteiger partial charge is 0.494 e. The maximum Gasteiger partial charge on any atom is 0.119 e. The normalized spacial score (nSPS) is 12.5. The zero-order chi connectivity index (χ0) is 10.4. The van der Waals surface area contributed by atoms with Crippen LogP contribution < -0.4 is 10.1 Å². The third-order valence-electron chi connectivity index (χ3n) is 1.97. The summed E-state index contributed by atoms with van der Waals surface area (Å²) in [6.45, 7) is 3.18. The molecule has 0 aliphatic carbocycles. The Bertz CT molecular complexity index is 258. The van der Waals surface area contributed by atoms with Crippen molar-refractivity contribution in [1.29, 1.82) is 0 Å². The van der Waals surface area contributed by atoms with Crippen molar-refractivity contribution < 1.29 is 9.84 Å². The smallest absolute Gasteiger partial charge is 0.119 e. The van der Waals surface area contributed by atoms with Gasteiger partial charge in [0.05, 0.1) is 12.7 Å². The van der Waals surface area contributed by atoms with E-state index in [2.05, 4.69) is 5.32 Å². The number of hydrogen-bond acceptors (Lipinski definition) is 3. The minimum atomic E-state index is -0.448. The van der Waals surface area contributed by atoms with Gasteiger partial charge in [-0.3, -0.25) is 0 Å². The van der Waals surface area contributed by atoms with E-state index in [4.69, 9.17) is 4.74 Å². The molecule has 0 aromatic heterocycles. The highest BCUT2D eigenvalue weighted by Crippen LogP contribution is 2.17. The van der Waals surface area contributed by atoms with Crippen molar-refractivity contribution in [2.45, 2.75) is 13.0 Å². The Kier molecular flexibility index (Phi) is 4.43. The fraction of sp³-hybridized carbons (Fsp3) is 0.455. The summed E-state index contributed by atoms with van der Waals surface area (Å²) in [6, 6.07) is 7.51. The summed E-state index contributed by atoms with van der Waals surface area (Å²) in [5.41, 5.74) is 0.905. The number of likely N-dealkylation sites (N-methyl/N-ethyl adjacent to an activating group) is 1. The second kappa shape index (κ2) is 5.62. The Morgan fingerprint density at radius 3 is 2.50 bits per heavy atom. The van der Waals surface area contributed by atoms with Crippen LogP contribution >= 0.6 is 0 Å². The summed E-state index contributed by atoms with van der Waals surface area (Å²) < 4.78 is 5.30. The Hall–Kier alpha value is -1.06. The van der Waals surface area contributed by atoms with Crippen LogP contribution in [0.25, 0.3) is 0 Å². The molecule has 0 radical (unpaired) electrons. The van der Waals surface area contributed by atoms with Crippen molar-refractivity contribution in [3.8, 4) is 5.75 Å². The summed E-state index contributed by atoms with van der Waals surface area (Å²) in [4.78, 5) is 0. The van der Waals surface area contributed by atoms with Gasteiger partial charge in [0.15, 0.2) is 0 Å². The van der Waals surface area contributed by atoms with Gasteiger partial charge in [0, 0.05) is 6.54 Å². The monoisotopic (exact) mass is 195 g/mol. The maximum absolute atomic E-state index is 9.64. The minimum absolute atomic E-state index is 0.448. The van der Waals surface area contributed by atoms with Gasteiger partial charge in [0.25, 0.3) is 0 Å². The summed E-state index contributed by atoms with van der Waals surface area (Å²) >= 11 is 0. The van der Waals surface area contributed by atoms with Gasteiger partial charge in [-0.25, -0.2) is 0 Å². The van der Waals surface area contributed by atoms with E-state index in [0.29, 0.717) is 13.2 Å². The van der Waals surface area contributed by atoms with Crippen LogP contribution in [0.15, 0.2) is 24.3 Å². The molecule has 0 spiro atoms. The Balaban J connectivity index is 2.62. The van der Waals surface area contributed by atoms with Gasteiger partial charge in [-0.2, -0.15) is 0 Å². The van der Waals surface area contributed by atoms with Crippen molar-refractivity contribution in [3.63, 3.8) is 0 Å². The van der Waals surface area contributed by atoms with Gasteiger partial charge in [0.1, 0.15) is 5.75 Å². The Morgan fingerprint density at radius 2 is 2.00 bits per heavy atom. The molecule has 0 bridgehead atoms. The van der Waals surface area contributed by atoms with Crippen LogP contribution in [0, 0.1) is 0 Å². The van der Waals surface area contributed by atoms with Crippen LogP contribution in [0.5, 0.6) is 5.75 Å². The second-order valence-electron chi connectivity index (χ2n) is 3.08. The van der Waals surface area contributed by atoms with Crippen molar-refractivity contribution in [2.75, 3.05) is 20.2 Å². The molecule has 0 heterocycles. The lowest BCUT2D eigenvalue weighted by atomic mass is 10.1. The van der Waals surface area contributed by atoms with Crippen LogP contribution in [0.1, 0.15) is 18.6 Å². The first-order valence-electron chi connectivity index (χ1n) is 4.83. The predicted octanol–water partition coefficient (Wildman–Crippen LogP) is 1.34. The number of aliphatic hydroxyl groups excluding tert-OH is 1. The molecule has 0 aliphatic heterocycles. The van der Waals surface area contributed by atoms with Crippen LogP contribution in [0.3, 0.4) is 0 Å². The van der Waals surface area contributed by atoms with Crippen molar-refractivity contribution in [3.05, 3.63) is 29.8 Å². The van der Waals surface area contributed by atoms with Crippen LogP contribution in [0.2, 0.25) is 0 Å². The molecule has 0 amide bonds. The highest BCUT2D eigenvalue weighted by atomic mass is 16.5. The molecular weight excluding hydrogens is 178 g/mol. The highest BCUT2D eigenvalue weighted by Gasteiger charge is 2.05. The molecule has 0 saturated heterocycles. The molecule has 0 aliphatic rings. The first kappa shape index (κ1) is 11.0. The topological polar surface area (TPSA) is 41.5 Å². The Labute approximate surface area is 84.7 Å². The van der Waals surface area contributed by atoms with E-state index in [-0.39, 0.29) is 0 Å². The molecule has 2 N–H and O–H groups in total. The van der Waals surface area contributed by atoms with Crippen LogP contribution in [-0.4, -0.2) is 25.3 Å².